The molecule has 0 spiro atoms. The predicted octanol–water partition coefficient (Wildman–Crippen LogP) is 2.61. The monoisotopic (exact) mass is 247 g/mol. The highest BCUT2D eigenvalue weighted by Gasteiger charge is 2.15. The molecule has 94 valence electrons. The summed E-state index contributed by atoms with van der Waals surface area (Å²) in [6, 6.07) is 5.65. The molecule has 0 atom stereocenters. The van der Waals surface area contributed by atoms with Crippen LogP contribution in [0.15, 0.2) is 28.9 Å². The number of methoxy groups -OCH3 is 1. The van der Waals surface area contributed by atoms with Gasteiger partial charge in [-0.15, -0.1) is 0 Å². The van der Waals surface area contributed by atoms with E-state index in [1.165, 1.54) is 0 Å². The van der Waals surface area contributed by atoms with Crippen LogP contribution in [0.4, 0.5) is 0 Å². The lowest BCUT2D eigenvalue weighted by Gasteiger charge is -2.06. The Balaban J connectivity index is 2.50. The van der Waals surface area contributed by atoms with Gasteiger partial charge < -0.3 is 14.3 Å². The van der Waals surface area contributed by atoms with Gasteiger partial charge in [-0.1, -0.05) is 13.0 Å². The third-order valence-electron chi connectivity index (χ3n) is 2.63. The molecule has 0 radical (unpaired) electrons. The first-order valence-corrected chi connectivity index (χ1v) is 5.51. The third-order valence-corrected chi connectivity index (χ3v) is 2.63. The number of rotatable bonds is 4. The summed E-state index contributed by atoms with van der Waals surface area (Å²) >= 11 is 0. The molecule has 2 aromatic rings. The Bertz CT molecular complexity index is 574. The summed E-state index contributed by atoms with van der Waals surface area (Å²) in [5.74, 6) is -0.263. The first-order chi connectivity index (χ1) is 8.65. The van der Waals surface area contributed by atoms with Gasteiger partial charge in [0.25, 0.3) is 0 Å². The number of aromatic carboxylic acids is 1. The number of aryl methyl sites for hydroxylation is 1. The van der Waals surface area contributed by atoms with Gasteiger partial charge in [0.15, 0.2) is 5.69 Å². The summed E-state index contributed by atoms with van der Waals surface area (Å²) in [6.07, 6.45) is 1.99. The highest BCUT2D eigenvalue weighted by atomic mass is 16.5. The summed E-state index contributed by atoms with van der Waals surface area (Å²) < 4.78 is 10.4. The van der Waals surface area contributed by atoms with Crippen molar-refractivity contribution in [2.45, 2.75) is 13.3 Å². The summed E-state index contributed by atoms with van der Waals surface area (Å²) in [6.45, 7) is 2.03. The van der Waals surface area contributed by atoms with Gasteiger partial charge in [-0.2, -0.15) is 0 Å². The average Bonchev–Trinajstić information content (AvgIpc) is 2.87. The number of ether oxygens (including phenoxy) is 1. The Kier molecular flexibility index (Phi) is 3.32. The topological polar surface area (TPSA) is 72.6 Å². The SMILES string of the molecule is CCc1ccc(OC)c(-c2nc(C(=O)O)co2)c1. The van der Waals surface area contributed by atoms with Gasteiger partial charge in [0.2, 0.25) is 5.89 Å². The molecule has 0 aliphatic carbocycles. The van der Waals surface area contributed by atoms with Crippen LogP contribution in [0.3, 0.4) is 0 Å². The van der Waals surface area contributed by atoms with Gasteiger partial charge >= 0.3 is 5.97 Å². The van der Waals surface area contributed by atoms with Gasteiger partial charge in [-0.25, -0.2) is 9.78 Å². The first-order valence-electron chi connectivity index (χ1n) is 5.51. The Morgan fingerprint density at radius 3 is 2.83 bits per heavy atom. The summed E-state index contributed by atoms with van der Waals surface area (Å²) in [4.78, 5) is 14.7. The maximum absolute atomic E-state index is 10.8. The number of aromatic nitrogens is 1. The standard InChI is InChI=1S/C13H13NO4/c1-3-8-4-5-11(17-2)9(6-8)12-14-10(7-18-12)13(15)16/h4-7H,3H2,1-2H3,(H,15,16). The quantitative estimate of drug-likeness (QED) is 0.899. The van der Waals surface area contributed by atoms with Crippen molar-refractivity contribution in [3.8, 4) is 17.2 Å². The molecule has 0 unspecified atom stereocenters. The normalized spacial score (nSPS) is 10.3. The minimum atomic E-state index is -1.12. The number of nitrogens with zero attached hydrogens (tertiary/aromatic N) is 1. The van der Waals surface area contributed by atoms with Crippen LogP contribution in [0, 0.1) is 0 Å². The van der Waals surface area contributed by atoms with E-state index >= 15 is 0 Å². The van der Waals surface area contributed by atoms with Crippen molar-refractivity contribution in [1.29, 1.82) is 0 Å². The zero-order chi connectivity index (χ0) is 13.1. The molecular weight excluding hydrogens is 234 g/mol. The van der Waals surface area contributed by atoms with E-state index in [0.717, 1.165) is 18.2 Å². The van der Waals surface area contributed by atoms with Crippen molar-refractivity contribution in [2.75, 3.05) is 7.11 Å². The van der Waals surface area contributed by atoms with E-state index in [4.69, 9.17) is 14.3 Å². The molecule has 0 aliphatic rings. The molecule has 0 fully saturated rings. The van der Waals surface area contributed by atoms with E-state index in [1.54, 1.807) is 7.11 Å². The molecular formula is C13H13NO4. The maximum atomic E-state index is 10.8. The van der Waals surface area contributed by atoms with Crippen molar-refractivity contribution in [3.05, 3.63) is 35.7 Å². The minimum absolute atomic E-state index is 0.117. The van der Waals surface area contributed by atoms with Crippen molar-refractivity contribution >= 4 is 5.97 Å². The zero-order valence-corrected chi connectivity index (χ0v) is 10.1. The fraction of sp³-hybridized carbons (Fsp3) is 0.231. The van der Waals surface area contributed by atoms with Crippen LogP contribution in [0.5, 0.6) is 5.75 Å². The van der Waals surface area contributed by atoms with Gasteiger partial charge in [0.05, 0.1) is 12.7 Å². The third kappa shape index (κ3) is 2.20. The Labute approximate surface area is 104 Å². The number of carboxylic acid groups (broad SMARTS) is 1. The predicted molar refractivity (Wildman–Crippen MR) is 64.8 cm³/mol. The van der Waals surface area contributed by atoms with E-state index in [0.29, 0.717) is 11.3 Å². The second kappa shape index (κ2) is 4.91. The van der Waals surface area contributed by atoms with E-state index in [9.17, 15) is 4.79 Å². The fourth-order valence-corrected chi connectivity index (χ4v) is 1.64. The van der Waals surface area contributed by atoms with E-state index in [2.05, 4.69) is 4.98 Å². The van der Waals surface area contributed by atoms with E-state index in [-0.39, 0.29) is 11.6 Å². The van der Waals surface area contributed by atoms with E-state index < -0.39 is 5.97 Å². The van der Waals surface area contributed by atoms with Crippen LogP contribution >= 0.6 is 0 Å². The number of carboxylic acids is 1. The van der Waals surface area contributed by atoms with Crippen molar-refractivity contribution in [1.82, 2.24) is 4.98 Å². The van der Waals surface area contributed by atoms with Gasteiger partial charge in [-0.3, -0.25) is 0 Å². The molecule has 5 nitrogen and oxygen atoms in total. The van der Waals surface area contributed by atoms with Crippen LogP contribution < -0.4 is 4.74 Å². The van der Waals surface area contributed by atoms with Gasteiger partial charge in [-0.05, 0) is 24.1 Å². The summed E-state index contributed by atoms with van der Waals surface area (Å²) in [7, 11) is 1.55. The fourth-order valence-electron chi connectivity index (χ4n) is 1.64. The lowest BCUT2D eigenvalue weighted by molar-refractivity contribution is 0.0690. The largest absolute Gasteiger partial charge is 0.496 e. The van der Waals surface area contributed by atoms with Crippen LogP contribution in [0.1, 0.15) is 23.0 Å². The van der Waals surface area contributed by atoms with E-state index in [1.807, 2.05) is 25.1 Å². The molecule has 0 amide bonds. The summed E-state index contributed by atoms with van der Waals surface area (Å²) in [5.41, 5.74) is 1.64. The lowest BCUT2D eigenvalue weighted by atomic mass is 10.1. The molecule has 0 bridgehead atoms. The first kappa shape index (κ1) is 12.2. The number of hydrogen-bond donors (Lipinski definition) is 1. The zero-order valence-electron chi connectivity index (χ0n) is 10.1. The van der Waals surface area contributed by atoms with Crippen LogP contribution in [0.2, 0.25) is 0 Å². The number of carbonyl (C=O) groups is 1. The molecule has 1 heterocycles. The van der Waals surface area contributed by atoms with Crippen LogP contribution in [-0.2, 0) is 6.42 Å². The van der Waals surface area contributed by atoms with Crippen molar-refractivity contribution in [2.24, 2.45) is 0 Å². The molecule has 2 rings (SSSR count). The van der Waals surface area contributed by atoms with Crippen molar-refractivity contribution < 1.29 is 19.1 Å². The second-order valence-electron chi connectivity index (χ2n) is 3.73. The highest BCUT2D eigenvalue weighted by molar-refractivity contribution is 5.85. The Morgan fingerprint density at radius 2 is 2.28 bits per heavy atom. The van der Waals surface area contributed by atoms with Crippen LogP contribution in [-0.4, -0.2) is 23.2 Å². The molecule has 0 aliphatic heterocycles. The van der Waals surface area contributed by atoms with Gasteiger partial charge in [0.1, 0.15) is 12.0 Å². The lowest BCUT2D eigenvalue weighted by Crippen LogP contribution is -1.96. The van der Waals surface area contributed by atoms with Crippen LogP contribution in [0.25, 0.3) is 11.5 Å². The molecule has 18 heavy (non-hydrogen) atoms. The summed E-state index contributed by atoms with van der Waals surface area (Å²) in [5, 5.41) is 8.82. The maximum Gasteiger partial charge on any atom is 0.357 e. The Hall–Kier alpha value is -2.30. The number of hydrogen-bond acceptors (Lipinski definition) is 4. The second-order valence-corrected chi connectivity index (χ2v) is 3.73. The molecule has 1 aromatic carbocycles. The molecule has 1 aromatic heterocycles. The average molecular weight is 247 g/mol. The van der Waals surface area contributed by atoms with Crippen molar-refractivity contribution in [3.63, 3.8) is 0 Å². The molecule has 0 saturated heterocycles. The highest BCUT2D eigenvalue weighted by Crippen LogP contribution is 2.30. The molecule has 0 saturated carbocycles. The number of oxazole rings is 1. The smallest absolute Gasteiger partial charge is 0.357 e. The Morgan fingerprint density at radius 1 is 1.50 bits per heavy atom. The number of benzene rings is 1. The molecule has 5 heteroatoms. The minimum Gasteiger partial charge on any atom is -0.496 e. The van der Waals surface area contributed by atoms with Gasteiger partial charge in [0, 0.05) is 0 Å². The molecule has 1 N–H and O–H groups in total.